The Balaban J connectivity index is 1.91. The van der Waals surface area contributed by atoms with Gasteiger partial charge in [-0.15, -0.1) is 0 Å². The maximum atomic E-state index is 14.3. The van der Waals surface area contributed by atoms with Gasteiger partial charge >= 0.3 is 0 Å². The van der Waals surface area contributed by atoms with Crippen molar-refractivity contribution >= 4 is 11.2 Å². The van der Waals surface area contributed by atoms with Crippen LogP contribution in [0, 0.1) is 12.7 Å². The predicted octanol–water partition coefficient (Wildman–Crippen LogP) is 2.93. The van der Waals surface area contributed by atoms with Gasteiger partial charge in [-0.1, -0.05) is 6.07 Å². The second-order valence-corrected chi connectivity index (χ2v) is 6.01. The summed E-state index contributed by atoms with van der Waals surface area (Å²) in [5, 5.41) is 4.16. The van der Waals surface area contributed by atoms with Crippen molar-refractivity contribution in [2.75, 3.05) is 0 Å². The normalized spacial score (nSPS) is 11.4. The SMILES string of the molecule is Cc1cc(CN)c(F)cc1-c1ccnc2[nH]c(-c3cnn(C)c3)nc12. The summed E-state index contributed by atoms with van der Waals surface area (Å²) in [6, 6.07) is 5.15. The van der Waals surface area contributed by atoms with Crippen molar-refractivity contribution < 1.29 is 4.39 Å². The van der Waals surface area contributed by atoms with Gasteiger partial charge in [-0.05, 0) is 30.2 Å². The molecule has 0 saturated carbocycles. The third kappa shape index (κ3) is 2.58. The van der Waals surface area contributed by atoms with E-state index in [1.165, 1.54) is 6.07 Å². The van der Waals surface area contributed by atoms with Gasteiger partial charge in [0.05, 0.1) is 11.8 Å². The first-order chi connectivity index (χ1) is 12.1. The maximum Gasteiger partial charge on any atom is 0.158 e. The van der Waals surface area contributed by atoms with Crippen molar-refractivity contribution in [2.45, 2.75) is 13.5 Å². The molecule has 0 aliphatic carbocycles. The Morgan fingerprint density at radius 3 is 2.84 bits per heavy atom. The fourth-order valence-corrected chi connectivity index (χ4v) is 3.00. The molecule has 0 saturated heterocycles. The highest BCUT2D eigenvalue weighted by Gasteiger charge is 2.15. The standard InChI is InChI=1S/C18H17FN6/c1-10-5-11(7-20)15(19)6-14(10)13-3-4-21-18-16(13)23-17(24-18)12-8-22-25(2)9-12/h3-6,8-9H,7,20H2,1-2H3,(H,21,23,24). The number of nitrogens with two attached hydrogens (primary N) is 1. The van der Waals surface area contributed by atoms with E-state index in [4.69, 9.17) is 5.73 Å². The molecule has 0 fully saturated rings. The third-order valence-electron chi connectivity index (χ3n) is 4.27. The highest BCUT2D eigenvalue weighted by Crippen LogP contribution is 2.31. The molecule has 0 aliphatic heterocycles. The van der Waals surface area contributed by atoms with E-state index in [9.17, 15) is 4.39 Å². The number of nitrogens with one attached hydrogen (secondary N) is 1. The fourth-order valence-electron chi connectivity index (χ4n) is 3.00. The highest BCUT2D eigenvalue weighted by molar-refractivity contribution is 5.92. The van der Waals surface area contributed by atoms with Crippen LogP contribution in [0.3, 0.4) is 0 Å². The Morgan fingerprint density at radius 1 is 1.28 bits per heavy atom. The first-order valence-corrected chi connectivity index (χ1v) is 7.90. The Labute approximate surface area is 143 Å². The minimum absolute atomic E-state index is 0.173. The monoisotopic (exact) mass is 336 g/mol. The number of H-pyrrole nitrogens is 1. The van der Waals surface area contributed by atoms with Crippen LogP contribution in [0.4, 0.5) is 4.39 Å². The molecule has 0 atom stereocenters. The lowest BCUT2D eigenvalue weighted by atomic mass is 9.98. The van der Waals surface area contributed by atoms with E-state index in [1.807, 2.05) is 26.2 Å². The van der Waals surface area contributed by atoms with Crippen molar-refractivity contribution in [3.8, 4) is 22.5 Å². The average molecular weight is 336 g/mol. The van der Waals surface area contributed by atoms with E-state index in [1.54, 1.807) is 23.1 Å². The van der Waals surface area contributed by atoms with E-state index in [-0.39, 0.29) is 12.4 Å². The number of aromatic amines is 1. The predicted molar refractivity (Wildman–Crippen MR) is 94.1 cm³/mol. The zero-order valence-electron chi connectivity index (χ0n) is 13.9. The highest BCUT2D eigenvalue weighted by atomic mass is 19.1. The number of halogens is 1. The molecule has 0 aliphatic rings. The fraction of sp³-hybridized carbons (Fsp3) is 0.167. The molecular formula is C18H17FN6. The smallest absolute Gasteiger partial charge is 0.158 e. The first-order valence-electron chi connectivity index (χ1n) is 7.90. The molecule has 4 aromatic rings. The molecule has 0 unspecified atom stereocenters. The number of imidazole rings is 1. The van der Waals surface area contributed by atoms with Gasteiger partial charge in [-0.25, -0.2) is 14.4 Å². The van der Waals surface area contributed by atoms with Gasteiger partial charge in [-0.3, -0.25) is 4.68 Å². The minimum Gasteiger partial charge on any atom is -0.326 e. The topological polar surface area (TPSA) is 85.4 Å². The number of benzene rings is 1. The molecule has 3 N–H and O–H groups in total. The van der Waals surface area contributed by atoms with Gasteiger partial charge in [0.15, 0.2) is 5.65 Å². The van der Waals surface area contributed by atoms with Crippen LogP contribution in [0.1, 0.15) is 11.1 Å². The van der Waals surface area contributed by atoms with Crippen LogP contribution in [0.15, 0.2) is 36.8 Å². The zero-order chi connectivity index (χ0) is 17.6. The molecule has 0 amide bonds. The second-order valence-electron chi connectivity index (χ2n) is 6.01. The van der Waals surface area contributed by atoms with Gasteiger partial charge in [0.2, 0.25) is 0 Å². The lowest BCUT2D eigenvalue weighted by Gasteiger charge is -2.09. The lowest BCUT2D eigenvalue weighted by molar-refractivity contribution is 0.610. The lowest BCUT2D eigenvalue weighted by Crippen LogP contribution is -2.01. The van der Waals surface area contributed by atoms with Crippen molar-refractivity contribution in [2.24, 2.45) is 12.8 Å². The summed E-state index contributed by atoms with van der Waals surface area (Å²) in [6.45, 7) is 2.11. The van der Waals surface area contributed by atoms with Gasteiger partial charge in [0.1, 0.15) is 17.2 Å². The average Bonchev–Trinajstić information content (AvgIpc) is 3.22. The Bertz CT molecular complexity index is 1080. The molecule has 3 heterocycles. The summed E-state index contributed by atoms with van der Waals surface area (Å²) < 4.78 is 16.0. The van der Waals surface area contributed by atoms with Gasteiger partial charge in [0.25, 0.3) is 0 Å². The number of pyridine rings is 1. The van der Waals surface area contributed by atoms with Gasteiger partial charge < -0.3 is 10.7 Å². The number of rotatable bonds is 3. The van der Waals surface area contributed by atoms with Crippen LogP contribution >= 0.6 is 0 Å². The summed E-state index contributed by atoms with van der Waals surface area (Å²) in [6.07, 6.45) is 5.30. The molecule has 6 nitrogen and oxygen atoms in total. The van der Waals surface area contributed by atoms with Crippen molar-refractivity contribution in [3.63, 3.8) is 0 Å². The summed E-state index contributed by atoms with van der Waals surface area (Å²) in [7, 11) is 1.85. The number of aryl methyl sites for hydroxylation is 2. The van der Waals surface area contributed by atoms with Crippen LogP contribution < -0.4 is 5.73 Å². The van der Waals surface area contributed by atoms with Crippen LogP contribution in [0.25, 0.3) is 33.7 Å². The first kappa shape index (κ1) is 15.5. The molecule has 3 aromatic heterocycles. The third-order valence-corrected chi connectivity index (χ3v) is 4.27. The largest absolute Gasteiger partial charge is 0.326 e. The minimum atomic E-state index is -0.309. The quantitative estimate of drug-likeness (QED) is 0.602. The van der Waals surface area contributed by atoms with Crippen LogP contribution in [0.2, 0.25) is 0 Å². The van der Waals surface area contributed by atoms with E-state index < -0.39 is 0 Å². The van der Waals surface area contributed by atoms with Crippen LogP contribution in [0.5, 0.6) is 0 Å². The molecular weight excluding hydrogens is 319 g/mol. The van der Waals surface area contributed by atoms with Gasteiger partial charge in [0, 0.05) is 37.1 Å². The molecule has 25 heavy (non-hydrogen) atoms. The molecule has 0 radical (unpaired) electrons. The van der Waals surface area contributed by atoms with E-state index in [2.05, 4.69) is 20.1 Å². The van der Waals surface area contributed by atoms with Crippen molar-refractivity contribution in [1.29, 1.82) is 0 Å². The van der Waals surface area contributed by atoms with E-state index in [0.29, 0.717) is 22.6 Å². The van der Waals surface area contributed by atoms with Crippen molar-refractivity contribution in [1.82, 2.24) is 24.7 Å². The molecule has 0 bridgehead atoms. The maximum absolute atomic E-state index is 14.3. The number of hydrogen-bond acceptors (Lipinski definition) is 4. The van der Waals surface area contributed by atoms with Crippen molar-refractivity contribution in [3.05, 3.63) is 53.7 Å². The van der Waals surface area contributed by atoms with Crippen LogP contribution in [-0.4, -0.2) is 24.7 Å². The Morgan fingerprint density at radius 2 is 2.12 bits per heavy atom. The van der Waals surface area contributed by atoms with Crippen LogP contribution in [-0.2, 0) is 13.6 Å². The molecule has 126 valence electrons. The van der Waals surface area contributed by atoms with E-state index >= 15 is 0 Å². The number of hydrogen-bond donors (Lipinski definition) is 2. The molecule has 1 aromatic carbocycles. The summed E-state index contributed by atoms with van der Waals surface area (Å²) in [4.78, 5) is 12.2. The molecule has 4 rings (SSSR count). The Hall–Kier alpha value is -3.06. The number of nitrogens with zero attached hydrogens (tertiary/aromatic N) is 4. The summed E-state index contributed by atoms with van der Waals surface area (Å²) in [5.74, 6) is 0.371. The summed E-state index contributed by atoms with van der Waals surface area (Å²) >= 11 is 0. The van der Waals surface area contributed by atoms with Gasteiger partial charge in [-0.2, -0.15) is 5.10 Å². The molecule has 7 heteroatoms. The summed E-state index contributed by atoms with van der Waals surface area (Å²) in [5.41, 5.74) is 10.9. The van der Waals surface area contributed by atoms with E-state index in [0.717, 1.165) is 22.3 Å². The zero-order valence-corrected chi connectivity index (χ0v) is 13.9. The Kier molecular flexibility index (Phi) is 3.58. The number of fused-ring (bicyclic) bond motifs is 1. The second kappa shape index (κ2) is 5.78. The molecule has 0 spiro atoms. The number of aromatic nitrogens is 5.